The summed E-state index contributed by atoms with van der Waals surface area (Å²) in [6.45, 7) is 7.72. The minimum absolute atomic E-state index is 0.131. The van der Waals surface area contributed by atoms with Crippen molar-refractivity contribution in [3.05, 3.63) is 29.8 Å². The van der Waals surface area contributed by atoms with E-state index in [0.717, 1.165) is 25.1 Å². The lowest BCUT2D eigenvalue weighted by Gasteiger charge is -2.37. The van der Waals surface area contributed by atoms with Gasteiger partial charge in [-0.2, -0.15) is 0 Å². The van der Waals surface area contributed by atoms with Crippen molar-refractivity contribution in [2.75, 3.05) is 18.0 Å². The Balaban J connectivity index is 2.34. The number of hydrogen-bond donors (Lipinski definition) is 1. The van der Waals surface area contributed by atoms with E-state index in [2.05, 4.69) is 50.4 Å². The first-order valence-corrected chi connectivity index (χ1v) is 6.67. The zero-order valence-corrected chi connectivity index (χ0v) is 11.5. The molecule has 0 saturated carbocycles. The number of rotatable bonds is 2. The summed E-state index contributed by atoms with van der Waals surface area (Å²) in [4.78, 5) is 14.2. The number of hydrogen-bond acceptors (Lipinski definition) is 2. The molecule has 1 fully saturated rings. The van der Waals surface area contributed by atoms with Gasteiger partial charge in [0, 0.05) is 11.2 Å². The Kier molecular flexibility index (Phi) is 3.71. The fourth-order valence-corrected chi connectivity index (χ4v) is 2.49. The molecule has 1 aromatic rings. The fourth-order valence-electron chi connectivity index (χ4n) is 2.49. The minimum Gasteiger partial charge on any atom is -0.308 e. The van der Waals surface area contributed by atoms with Crippen LogP contribution in [0.25, 0.3) is 0 Å². The Morgan fingerprint density at radius 3 is 2.56 bits per heavy atom. The summed E-state index contributed by atoms with van der Waals surface area (Å²) in [6.07, 6.45) is 1.99. The first-order valence-electron chi connectivity index (χ1n) is 6.67. The van der Waals surface area contributed by atoms with E-state index in [1.807, 2.05) is 4.90 Å². The van der Waals surface area contributed by atoms with Crippen molar-refractivity contribution in [2.45, 2.75) is 39.2 Å². The van der Waals surface area contributed by atoms with Crippen molar-refractivity contribution in [1.29, 1.82) is 0 Å². The van der Waals surface area contributed by atoms with Crippen LogP contribution in [0.4, 0.5) is 5.69 Å². The van der Waals surface area contributed by atoms with Crippen LogP contribution in [0.3, 0.4) is 0 Å². The molecule has 18 heavy (non-hydrogen) atoms. The summed E-state index contributed by atoms with van der Waals surface area (Å²) in [6, 6.07) is 8.33. The van der Waals surface area contributed by atoms with Crippen LogP contribution in [0.5, 0.6) is 0 Å². The molecule has 1 aromatic carbocycles. The third kappa shape index (κ3) is 2.56. The van der Waals surface area contributed by atoms with Gasteiger partial charge in [0.2, 0.25) is 5.91 Å². The molecule has 2 rings (SSSR count). The molecule has 0 bridgehead atoms. The quantitative estimate of drug-likeness (QED) is 0.868. The molecule has 3 nitrogen and oxygen atoms in total. The molecule has 3 heteroatoms. The van der Waals surface area contributed by atoms with Gasteiger partial charge < -0.3 is 10.2 Å². The van der Waals surface area contributed by atoms with Gasteiger partial charge in [0.1, 0.15) is 0 Å². The van der Waals surface area contributed by atoms with Crippen LogP contribution in [-0.2, 0) is 11.2 Å². The number of benzene rings is 1. The van der Waals surface area contributed by atoms with Crippen molar-refractivity contribution in [3.8, 4) is 0 Å². The average Bonchev–Trinajstić information content (AvgIpc) is 2.48. The molecule has 1 saturated heterocycles. The van der Waals surface area contributed by atoms with Crippen molar-refractivity contribution >= 4 is 11.6 Å². The second-order valence-electron chi connectivity index (χ2n) is 5.49. The van der Waals surface area contributed by atoms with Gasteiger partial charge in [-0.05, 0) is 50.9 Å². The molecule has 1 N–H and O–H groups in total. The van der Waals surface area contributed by atoms with E-state index in [4.69, 9.17) is 0 Å². The number of nitrogens with zero attached hydrogens (tertiary/aromatic N) is 1. The molecular formula is C15H22N2O. The maximum Gasteiger partial charge on any atom is 0.241 e. The monoisotopic (exact) mass is 246 g/mol. The van der Waals surface area contributed by atoms with Crippen molar-refractivity contribution in [2.24, 2.45) is 0 Å². The summed E-state index contributed by atoms with van der Waals surface area (Å²) < 4.78 is 0. The molecule has 0 unspecified atom stereocenters. The number of amides is 1. The van der Waals surface area contributed by atoms with E-state index < -0.39 is 0 Å². The smallest absolute Gasteiger partial charge is 0.241 e. The fraction of sp³-hybridized carbons (Fsp3) is 0.533. The summed E-state index contributed by atoms with van der Waals surface area (Å²) in [5.41, 5.74) is 2.18. The van der Waals surface area contributed by atoms with Crippen LogP contribution in [0.1, 0.15) is 32.8 Å². The molecule has 0 radical (unpaired) electrons. The Morgan fingerprint density at radius 2 is 1.94 bits per heavy atom. The van der Waals surface area contributed by atoms with E-state index in [0.29, 0.717) is 6.54 Å². The Labute approximate surface area is 109 Å². The van der Waals surface area contributed by atoms with Crippen LogP contribution in [0, 0.1) is 0 Å². The van der Waals surface area contributed by atoms with Crippen LogP contribution in [0.2, 0.25) is 0 Å². The molecule has 0 aliphatic carbocycles. The van der Waals surface area contributed by atoms with Crippen molar-refractivity contribution in [3.63, 3.8) is 0 Å². The van der Waals surface area contributed by atoms with E-state index in [1.54, 1.807) is 0 Å². The van der Waals surface area contributed by atoms with Crippen molar-refractivity contribution < 1.29 is 4.79 Å². The van der Waals surface area contributed by atoms with Gasteiger partial charge in [0.05, 0.1) is 6.54 Å². The summed E-state index contributed by atoms with van der Waals surface area (Å²) in [7, 11) is 0. The standard InChI is InChI=1S/C15H22N2O/c1-4-12-5-7-13(8-6-12)17-14(18)11-16-10-9-15(17,2)3/h5-8,16H,4,9-11H2,1-3H3. The number of anilines is 1. The third-order valence-electron chi connectivity index (χ3n) is 3.65. The highest BCUT2D eigenvalue weighted by molar-refractivity contribution is 5.96. The van der Waals surface area contributed by atoms with E-state index in [9.17, 15) is 4.79 Å². The van der Waals surface area contributed by atoms with E-state index >= 15 is 0 Å². The second kappa shape index (κ2) is 5.11. The molecule has 98 valence electrons. The Morgan fingerprint density at radius 1 is 1.28 bits per heavy atom. The third-order valence-corrected chi connectivity index (χ3v) is 3.65. The van der Waals surface area contributed by atoms with Gasteiger partial charge >= 0.3 is 0 Å². The largest absolute Gasteiger partial charge is 0.308 e. The lowest BCUT2D eigenvalue weighted by atomic mass is 9.97. The highest BCUT2D eigenvalue weighted by Crippen LogP contribution is 2.28. The van der Waals surface area contributed by atoms with Gasteiger partial charge in [0.25, 0.3) is 0 Å². The Hall–Kier alpha value is -1.35. The van der Waals surface area contributed by atoms with Crippen molar-refractivity contribution in [1.82, 2.24) is 5.32 Å². The van der Waals surface area contributed by atoms with Gasteiger partial charge in [-0.1, -0.05) is 19.1 Å². The predicted octanol–water partition coefficient (Wildman–Crippen LogP) is 2.35. The van der Waals surface area contributed by atoms with Crippen LogP contribution in [-0.4, -0.2) is 24.5 Å². The maximum atomic E-state index is 12.2. The van der Waals surface area contributed by atoms with Crippen LogP contribution in [0.15, 0.2) is 24.3 Å². The topological polar surface area (TPSA) is 32.3 Å². The molecule has 0 spiro atoms. The van der Waals surface area contributed by atoms with Crippen LogP contribution < -0.4 is 10.2 Å². The molecule has 0 atom stereocenters. The molecular weight excluding hydrogens is 224 g/mol. The first kappa shape index (κ1) is 13.1. The average molecular weight is 246 g/mol. The zero-order valence-electron chi connectivity index (χ0n) is 11.5. The second-order valence-corrected chi connectivity index (χ2v) is 5.49. The lowest BCUT2D eigenvalue weighted by molar-refractivity contribution is -0.118. The molecule has 1 aliphatic heterocycles. The number of carbonyl (C=O) groups is 1. The van der Waals surface area contributed by atoms with Gasteiger partial charge in [-0.25, -0.2) is 0 Å². The predicted molar refractivity (Wildman–Crippen MR) is 74.9 cm³/mol. The van der Waals surface area contributed by atoms with Crippen LogP contribution >= 0.6 is 0 Å². The number of aryl methyl sites for hydroxylation is 1. The first-order chi connectivity index (χ1) is 8.54. The molecule has 0 aromatic heterocycles. The maximum absolute atomic E-state index is 12.2. The Bertz CT molecular complexity index is 423. The SMILES string of the molecule is CCc1ccc(N2C(=O)CNCCC2(C)C)cc1. The van der Waals surface area contributed by atoms with E-state index in [1.165, 1.54) is 5.56 Å². The summed E-state index contributed by atoms with van der Waals surface area (Å²) in [5.74, 6) is 0.154. The number of carbonyl (C=O) groups excluding carboxylic acids is 1. The molecule has 1 heterocycles. The summed E-state index contributed by atoms with van der Waals surface area (Å²) in [5, 5.41) is 3.18. The highest BCUT2D eigenvalue weighted by atomic mass is 16.2. The van der Waals surface area contributed by atoms with Gasteiger partial charge in [0.15, 0.2) is 0 Å². The van der Waals surface area contributed by atoms with E-state index in [-0.39, 0.29) is 11.4 Å². The normalized spacial score (nSPS) is 19.7. The summed E-state index contributed by atoms with van der Waals surface area (Å²) >= 11 is 0. The minimum atomic E-state index is -0.131. The van der Waals surface area contributed by atoms with Gasteiger partial charge in [-0.15, -0.1) is 0 Å². The zero-order chi connectivity index (χ0) is 13.2. The number of nitrogens with one attached hydrogen (secondary N) is 1. The van der Waals surface area contributed by atoms with Gasteiger partial charge in [-0.3, -0.25) is 4.79 Å². The molecule has 1 amide bonds. The highest BCUT2D eigenvalue weighted by Gasteiger charge is 2.33. The lowest BCUT2D eigenvalue weighted by Crippen LogP contribution is -2.48. The molecule has 1 aliphatic rings.